The first kappa shape index (κ1) is 8.36. The van der Waals surface area contributed by atoms with Crippen LogP contribution in [-0.4, -0.2) is 22.2 Å². The van der Waals surface area contributed by atoms with Gasteiger partial charge in [-0.05, 0) is 13.3 Å². The molecule has 0 aromatic carbocycles. The van der Waals surface area contributed by atoms with Gasteiger partial charge < -0.3 is 5.11 Å². The van der Waals surface area contributed by atoms with Crippen LogP contribution in [0, 0.1) is 10.1 Å². The largest absolute Gasteiger partial charge is 0.383 e. The Morgan fingerprint density at radius 3 is 2.33 bits per heavy atom. The summed E-state index contributed by atoms with van der Waals surface area (Å²) in [5, 5.41) is 18.9. The van der Waals surface area contributed by atoms with Crippen molar-refractivity contribution < 1.29 is 10.0 Å². The summed E-state index contributed by atoms with van der Waals surface area (Å²) in [6.07, 6.45) is 0.411. The van der Waals surface area contributed by atoms with Crippen LogP contribution in [-0.2, 0) is 0 Å². The van der Waals surface area contributed by atoms with Crippen molar-refractivity contribution in [3.8, 4) is 0 Å². The van der Waals surface area contributed by atoms with Gasteiger partial charge in [0.15, 0.2) is 0 Å². The summed E-state index contributed by atoms with van der Waals surface area (Å²) >= 11 is 0. The number of nitro groups is 1. The van der Waals surface area contributed by atoms with E-state index in [-0.39, 0.29) is 6.54 Å². The lowest BCUT2D eigenvalue weighted by Gasteiger charge is -2.14. The number of hydrogen-bond donors (Lipinski definition) is 1. The number of aliphatic hydroxyl groups is 1. The quantitative estimate of drug-likeness (QED) is 0.448. The van der Waals surface area contributed by atoms with Crippen LogP contribution < -0.4 is 0 Å². The molecule has 0 aliphatic carbocycles. The summed E-state index contributed by atoms with van der Waals surface area (Å²) in [6, 6.07) is 0. The molecule has 0 heterocycles. The van der Waals surface area contributed by atoms with E-state index in [0.717, 1.165) is 0 Å². The highest BCUT2D eigenvalue weighted by Crippen LogP contribution is 2.06. The van der Waals surface area contributed by atoms with Crippen LogP contribution in [0.5, 0.6) is 0 Å². The first-order valence-electron chi connectivity index (χ1n) is 2.82. The zero-order valence-corrected chi connectivity index (χ0v) is 5.63. The highest BCUT2D eigenvalue weighted by molar-refractivity contribution is 4.67. The van der Waals surface area contributed by atoms with E-state index in [4.69, 9.17) is 5.11 Å². The lowest BCUT2D eigenvalue weighted by atomic mass is 10.1. The van der Waals surface area contributed by atoms with E-state index in [2.05, 4.69) is 0 Å². The average Bonchev–Trinajstić information content (AvgIpc) is 1.63. The second kappa shape index (κ2) is 2.77. The summed E-state index contributed by atoms with van der Waals surface area (Å²) in [5.74, 6) is 0. The van der Waals surface area contributed by atoms with Crippen LogP contribution in [0.2, 0.25) is 0 Å². The molecule has 0 spiro atoms. The van der Waals surface area contributed by atoms with Gasteiger partial charge in [-0.2, -0.15) is 0 Å². The Labute approximate surface area is 53.6 Å². The Morgan fingerprint density at radius 2 is 2.22 bits per heavy atom. The molecular formula is C5H11NO3. The van der Waals surface area contributed by atoms with Crippen molar-refractivity contribution in [3.05, 3.63) is 10.1 Å². The van der Waals surface area contributed by atoms with Crippen molar-refractivity contribution in [3.63, 3.8) is 0 Å². The molecule has 0 aromatic heterocycles. The van der Waals surface area contributed by atoms with E-state index in [1.807, 2.05) is 0 Å². The van der Waals surface area contributed by atoms with Gasteiger partial charge in [-0.15, -0.1) is 0 Å². The van der Waals surface area contributed by atoms with Crippen LogP contribution >= 0.6 is 0 Å². The molecule has 0 aromatic rings. The summed E-state index contributed by atoms with van der Waals surface area (Å²) in [6.45, 7) is 2.79. The van der Waals surface area contributed by atoms with Gasteiger partial charge in [0, 0.05) is 4.92 Å². The smallest absolute Gasteiger partial charge is 0.231 e. The van der Waals surface area contributed by atoms with Crippen LogP contribution in [0.25, 0.3) is 0 Å². The third-order valence-corrected chi connectivity index (χ3v) is 1.23. The van der Waals surface area contributed by atoms with Crippen molar-refractivity contribution in [1.82, 2.24) is 0 Å². The molecule has 0 radical (unpaired) electrons. The molecule has 1 unspecified atom stereocenters. The normalized spacial score (nSPS) is 16.8. The SMILES string of the molecule is CCC(C)(O)C[N+](=O)[O-]. The molecule has 0 aliphatic heterocycles. The maximum Gasteiger partial charge on any atom is 0.231 e. The highest BCUT2D eigenvalue weighted by Gasteiger charge is 2.23. The van der Waals surface area contributed by atoms with Gasteiger partial charge in [0.1, 0.15) is 5.60 Å². The predicted molar refractivity (Wildman–Crippen MR) is 32.8 cm³/mol. The van der Waals surface area contributed by atoms with Crippen molar-refractivity contribution in [2.45, 2.75) is 25.9 Å². The molecule has 4 nitrogen and oxygen atoms in total. The van der Waals surface area contributed by atoms with E-state index >= 15 is 0 Å². The number of hydrogen-bond acceptors (Lipinski definition) is 3. The summed E-state index contributed by atoms with van der Waals surface area (Å²) in [5.41, 5.74) is -1.14. The van der Waals surface area contributed by atoms with Crippen LogP contribution in [0.4, 0.5) is 0 Å². The Morgan fingerprint density at radius 1 is 1.78 bits per heavy atom. The van der Waals surface area contributed by atoms with Gasteiger partial charge in [0.2, 0.25) is 6.54 Å². The molecule has 54 valence electrons. The van der Waals surface area contributed by atoms with Gasteiger partial charge in [0.05, 0.1) is 0 Å². The molecule has 0 saturated heterocycles. The van der Waals surface area contributed by atoms with Crippen LogP contribution in [0.1, 0.15) is 20.3 Å². The molecule has 0 saturated carbocycles. The summed E-state index contributed by atoms with van der Waals surface area (Å²) in [7, 11) is 0. The maximum atomic E-state index is 9.82. The standard InChI is InChI=1S/C5H11NO3/c1-3-5(2,7)4-6(8)9/h7H,3-4H2,1-2H3. The van der Waals surface area contributed by atoms with E-state index in [9.17, 15) is 10.1 Å². The Hall–Kier alpha value is -0.640. The first-order valence-corrected chi connectivity index (χ1v) is 2.82. The van der Waals surface area contributed by atoms with E-state index in [1.165, 1.54) is 6.92 Å². The molecule has 0 amide bonds. The molecule has 0 aliphatic rings. The average molecular weight is 133 g/mol. The van der Waals surface area contributed by atoms with Gasteiger partial charge in [-0.25, -0.2) is 0 Å². The minimum atomic E-state index is -1.14. The highest BCUT2D eigenvalue weighted by atomic mass is 16.6. The molecule has 0 fully saturated rings. The van der Waals surface area contributed by atoms with Gasteiger partial charge in [-0.1, -0.05) is 6.92 Å². The van der Waals surface area contributed by atoms with Crippen molar-refractivity contribution in [2.75, 3.05) is 6.54 Å². The Bertz CT molecular complexity index is 111. The van der Waals surface area contributed by atoms with E-state index in [1.54, 1.807) is 6.92 Å². The fourth-order valence-corrected chi connectivity index (χ4v) is 0.390. The lowest BCUT2D eigenvalue weighted by molar-refractivity contribution is -0.499. The van der Waals surface area contributed by atoms with Crippen molar-refractivity contribution >= 4 is 0 Å². The summed E-state index contributed by atoms with van der Waals surface area (Å²) < 4.78 is 0. The zero-order valence-electron chi connectivity index (χ0n) is 5.63. The van der Waals surface area contributed by atoms with Gasteiger partial charge >= 0.3 is 0 Å². The minimum absolute atomic E-state index is 0.372. The number of rotatable bonds is 3. The second-order valence-electron chi connectivity index (χ2n) is 2.34. The van der Waals surface area contributed by atoms with E-state index < -0.39 is 10.5 Å². The summed E-state index contributed by atoms with van der Waals surface area (Å²) in [4.78, 5) is 9.31. The zero-order chi connectivity index (χ0) is 7.49. The molecule has 9 heavy (non-hydrogen) atoms. The molecule has 4 heteroatoms. The van der Waals surface area contributed by atoms with Gasteiger partial charge in [0.25, 0.3) is 0 Å². The Kier molecular flexibility index (Phi) is 2.58. The fraction of sp³-hybridized carbons (Fsp3) is 1.00. The third kappa shape index (κ3) is 3.90. The predicted octanol–water partition coefficient (Wildman–Crippen LogP) is 0.424. The second-order valence-corrected chi connectivity index (χ2v) is 2.34. The molecule has 0 bridgehead atoms. The van der Waals surface area contributed by atoms with E-state index in [0.29, 0.717) is 6.42 Å². The van der Waals surface area contributed by atoms with Crippen molar-refractivity contribution in [1.29, 1.82) is 0 Å². The molecule has 1 atom stereocenters. The third-order valence-electron chi connectivity index (χ3n) is 1.23. The minimum Gasteiger partial charge on any atom is -0.383 e. The monoisotopic (exact) mass is 133 g/mol. The lowest BCUT2D eigenvalue weighted by Crippen LogP contribution is -2.32. The molecular weight excluding hydrogens is 122 g/mol. The van der Waals surface area contributed by atoms with Crippen LogP contribution in [0.15, 0.2) is 0 Å². The molecule has 1 N–H and O–H groups in total. The first-order chi connectivity index (χ1) is 3.98. The topological polar surface area (TPSA) is 63.4 Å². The van der Waals surface area contributed by atoms with Crippen molar-refractivity contribution in [2.24, 2.45) is 0 Å². The van der Waals surface area contributed by atoms with Crippen LogP contribution in [0.3, 0.4) is 0 Å². The maximum absolute atomic E-state index is 9.82. The number of nitrogens with zero attached hydrogens (tertiary/aromatic N) is 1. The Balaban J connectivity index is 3.71. The molecule has 0 rings (SSSR count). The fourth-order valence-electron chi connectivity index (χ4n) is 0.390. The van der Waals surface area contributed by atoms with Gasteiger partial charge in [-0.3, -0.25) is 10.1 Å².